The number of hydrogen-bond donors (Lipinski definition) is 0. The third-order valence-corrected chi connectivity index (χ3v) is 4.50. The number of likely N-dealkylation sites (tertiary alicyclic amines) is 1. The van der Waals surface area contributed by atoms with Gasteiger partial charge in [0, 0.05) is 19.7 Å². The van der Waals surface area contributed by atoms with Crippen LogP contribution in [-0.2, 0) is 9.53 Å². The van der Waals surface area contributed by atoms with Gasteiger partial charge in [0.1, 0.15) is 0 Å². The van der Waals surface area contributed by atoms with Crippen LogP contribution in [0, 0.1) is 17.3 Å². The normalized spacial score (nSPS) is 31.2. The number of piperidine rings is 1. The predicted octanol–water partition coefficient (Wildman–Crippen LogP) is 2.31. The zero-order chi connectivity index (χ0) is 12.5. The summed E-state index contributed by atoms with van der Waals surface area (Å²) in [7, 11) is 0. The summed E-state index contributed by atoms with van der Waals surface area (Å²) in [5.74, 6) is 1.86. The van der Waals surface area contributed by atoms with Crippen LogP contribution in [0.4, 0.5) is 0 Å². The Kier molecular flexibility index (Phi) is 3.76. The van der Waals surface area contributed by atoms with E-state index in [1.807, 2.05) is 0 Å². The first-order valence-electron chi connectivity index (χ1n) is 6.90. The van der Waals surface area contributed by atoms with Gasteiger partial charge in [0.25, 0.3) is 0 Å². The van der Waals surface area contributed by atoms with Crippen LogP contribution in [0.5, 0.6) is 0 Å². The second-order valence-electron chi connectivity index (χ2n) is 6.24. The molecule has 2 saturated heterocycles. The number of carbonyl (C=O) groups is 1. The summed E-state index contributed by atoms with van der Waals surface area (Å²) in [6.45, 7) is 9.86. The van der Waals surface area contributed by atoms with Crippen molar-refractivity contribution < 1.29 is 9.53 Å². The lowest BCUT2D eigenvalue weighted by atomic mass is 9.84. The Morgan fingerprint density at radius 3 is 2.47 bits per heavy atom. The van der Waals surface area contributed by atoms with E-state index in [0.29, 0.717) is 12.5 Å². The number of carbonyl (C=O) groups excluding carboxylic acids is 1. The monoisotopic (exact) mass is 239 g/mol. The molecule has 1 unspecified atom stereocenters. The molecule has 0 bridgehead atoms. The summed E-state index contributed by atoms with van der Waals surface area (Å²) in [5, 5.41) is 0. The second kappa shape index (κ2) is 4.97. The highest BCUT2D eigenvalue weighted by atomic mass is 16.5. The van der Waals surface area contributed by atoms with E-state index in [2.05, 4.69) is 25.7 Å². The number of ether oxygens (including phenoxy) is 1. The molecule has 0 N–H and O–H groups in total. The molecule has 2 aliphatic rings. The molecule has 1 atom stereocenters. The molecular weight excluding hydrogens is 214 g/mol. The van der Waals surface area contributed by atoms with E-state index in [1.54, 1.807) is 0 Å². The molecule has 0 aliphatic carbocycles. The molecule has 17 heavy (non-hydrogen) atoms. The van der Waals surface area contributed by atoms with Crippen molar-refractivity contribution in [3.63, 3.8) is 0 Å². The van der Waals surface area contributed by atoms with Crippen molar-refractivity contribution in [2.24, 2.45) is 17.3 Å². The smallest absolute Gasteiger partial charge is 0.230 e. The summed E-state index contributed by atoms with van der Waals surface area (Å²) in [6.07, 6.45) is 3.22. The zero-order valence-corrected chi connectivity index (χ0v) is 11.4. The Morgan fingerprint density at radius 1 is 1.35 bits per heavy atom. The van der Waals surface area contributed by atoms with Crippen molar-refractivity contribution in [3.8, 4) is 0 Å². The number of nitrogens with zero attached hydrogens (tertiary/aromatic N) is 1. The van der Waals surface area contributed by atoms with Gasteiger partial charge in [0.05, 0.1) is 12.0 Å². The average Bonchev–Trinajstić information content (AvgIpc) is 2.76. The minimum atomic E-state index is -0.245. The van der Waals surface area contributed by atoms with Gasteiger partial charge in [-0.25, -0.2) is 0 Å². The highest BCUT2D eigenvalue weighted by molar-refractivity contribution is 5.82. The lowest BCUT2D eigenvalue weighted by Gasteiger charge is -2.37. The average molecular weight is 239 g/mol. The number of hydrogen-bond acceptors (Lipinski definition) is 2. The third-order valence-electron chi connectivity index (χ3n) is 4.50. The molecule has 0 aromatic rings. The molecule has 3 nitrogen and oxygen atoms in total. The lowest BCUT2D eigenvalue weighted by molar-refractivity contribution is -0.142. The van der Waals surface area contributed by atoms with E-state index in [4.69, 9.17) is 4.74 Å². The molecule has 0 radical (unpaired) electrons. The fourth-order valence-corrected chi connectivity index (χ4v) is 2.99. The number of rotatable bonds is 2. The van der Waals surface area contributed by atoms with Gasteiger partial charge in [-0.1, -0.05) is 13.8 Å². The maximum atomic E-state index is 12.4. The van der Waals surface area contributed by atoms with Gasteiger partial charge in [0.15, 0.2) is 0 Å². The van der Waals surface area contributed by atoms with E-state index >= 15 is 0 Å². The highest BCUT2D eigenvalue weighted by Gasteiger charge is 2.41. The Labute approximate surface area is 105 Å². The summed E-state index contributed by atoms with van der Waals surface area (Å²) in [5.41, 5.74) is -0.245. The molecule has 2 fully saturated rings. The highest BCUT2D eigenvalue weighted by Crippen LogP contribution is 2.32. The van der Waals surface area contributed by atoms with Crippen molar-refractivity contribution in [1.29, 1.82) is 0 Å². The van der Waals surface area contributed by atoms with Crippen LogP contribution in [0.1, 0.15) is 40.0 Å². The molecule has 2 rings (SSSR count). The minimum Gasteiger partial charge on any atom is -0.380 e. The fourth-order valence-electron chi connectivity index (χ4n) is 2.99. The third kappa shape index (κ3) is 2.65. The van der Waals surface area contributed by atoms with Crippen LogP contribution < -0.4 is 0 Å². The first-order valence-corrected chi connectivity index (χ1v) is 6.90. The largest absolute Gasteiger partial charge is 0.380 e. The molecule has 1 amide bonds. The van der Waals surface area contributed by atoms with E-state index in [9.17, 15) is 4.79 Å². The van der Waals surface area contributed by atoms with Crippen molar-refractivity contribution >= 4 is 5.91 Å². The van der Waals surface area contributed by atoms with Crippen molar-refractivity contribution in [3.05, 3.63) is 0 Å². The second-order valence-corrected chi connectivity index (χ2v) is 6.24. The molecule has 0 aromatic heterocycles. The first kappa shape index (κ1) is 12.9. The molecule has 0 spiro atoms. The minimum absolute atomic E-state index is 0.245. The molecule has 2 heterocycles. The first-order chi connectivity index (χ1) is 8.03. The molecule has 2 aliphatic heterocycles. The fraction of sp³-hybridized carbons (Fsp3) is 0.929. The van der Waals surface area contributed by atoms with Crippen LogP contribution >= 0.6 is 0 Å². The quantitative estimate of drug-likeness (QED) is 0.740. The SMILES string of the molecule is CC(C)C1CCN(C(=O)C2(C)CCOC2)CC1. The molecule has 3 heteroatoms. The van der Waals surface area contributed by atoms with Crippen LogP contribution in [0.15, 0.2) is 0 Å². The van der Waals surface area contributed by atoms with Gasteiger partial charge in [0.2, 0.25) is 5.91 Å². The van der Waals surface area contributed by atoms with E-state index in [0.717, 1.165) is 38.0 Å². The Morgan fingerprint density at radius 2 is 2.00 bits per heavy atom. The van der Waals surface area contributed by atoms with E-state index in [1.165, 1.54) is 12.8 Å². The van der Waals surface area contributed by atoms with Crippen LogP contribution in [-0.4, -0.2) is 37.1 Å². The van der Waals surface area contributed by atoms with Crippen molar-refractivity contribution in [2.45, 2.75) is 40.0 Å². The molecule has 0 aromatic carbocycles. The van der Waals surface area contributed by atoms with E-state index in [-0.39, 0.29) is 5.41 Å². The Bertz CT molecular complexity index is 274. The zero-order valence-electron chi connectivity index (χ0n) is 11.4. The Balaban J connectivity index is 1.90. The van der Waals surface area contributed by atoms with Crippen LogP contribution in [0.3, 0.4) is 0 Å². The maximum absolute atomic E-state index is 12.4. The van der Waals surface area contributed by atoms with Crippen molar-refractivity contribution in [2.75, 3.05) is 26.3 Å². The summed E-state index contributed by atoms with van der Waals surface area (Å²) >= 11 is 0. The molecule has 98 valence electrons. The van der Waals surface area contributed by atoms with Gasteiger partial charge in [-0.05, 0) is 38.0 Å². The summed E-state index contributed by atoms with van der Waals surface area (Å²) in [6, 6.07) is 0. The standard InChI is InChI=1S/C14H25NO2/c1-11(2)12-4-7-15(8-5-12)13(16)14(3)6-9-17-10-14/h11-12H,4-10H2,1-3H3. The Hall–Kier alpha value is -0.570. The van der Waals surface area contributed by atoms with Gasteiger partial charge >= 0.3 is 0 Å². The molecular formula is C14H25NO2. The predicted molar refractivity (Wildman–Crippen MR) is 67.7 cm³/mol. The van der Waals surface area contributed by atoms with Crippen LogP contribution in [0.25, 0.3) is 0 Å². The van der Waals surface area contributed by atoms with Gasteiger partial charge in [-0.3, -0.25) is 4.79 Å². The van der Waals surface area contributed by atoms with E-state index < -0.39 is 0 Å². The van der Waals surface area contributed by atoms with Gasteiger partial charge in [-0.2, -0.15) is 0 Å². The molecule has 0 saturated carbocycles. The van der Waals surface area contributed by atoms with Crippen LogP contribution in [0.2, 0.25) is 0 Å². The van der Waals surface area contributed by atoms with Gasteiger partial charge < -0.3 is 9.64 Å². The number of amides is 1. The maximum Gasteiger partial charge on any atom is 0.230 e. The summed E-state index contributed by atoms with van der Waals surface area (Å²) in [4.78, 5) is 14.5. The summed E-state index contributed by atoms with van der Waals surface area (Å²) < 4.78 is 5.38. The lowest BCUT2D eigenvalue weighted by Crippen LogP contribution is -2.47. The topological polar surface area (TPSA) is 29.5 Å². The van der Waals surface area contributed by atoms with Gasteiger partial charge in [-0.15, -0.1) is 0 Å². The van der Waals surface area contributed by atoms with Crippen molar-refractivity contribution in [1.82, 2.24) is 4.90 Å².